The highest BCUT2D eigenvalue weighted by Crippen LogP contribution is 2.28. The van der Waals surface area contributed by atoms with E-state index in [1.807, 2.05) is 0 Å². The van der Waals surface area contributed by atoms with Crippen molar-refractivity contribution < 1.29 is 18.7 Å². The van der Waals surface area contributed by atoms with Gasteiger partial charge in [-0.1, -0.05) is 0 Å². The number of ether oxygens (including phenoxy) is 1. The lowest BCUT2D eigenvalue weighted by Crippen LogP contribution is -2.33. The van der Waals surface area contributed by atoms with Gasteiger partial charge in [-0.25, -0.2) is 0 Å². The van der Waals surface area contributed by atoms with E-state index in [9.17, 15) is 10.0 Å². The Labute approximate surface area is 115 Å². The molecule has 20 heavy (non-hydrogen) atoms. The molecule has 1 saturated carbocycles. The van der Waals surface area contributed by atoms with Crippen molar-refractivity contribution in [1.29, 1.82) is 0 Å². The molecule has 0 aliphatic heterocycles. The van der Waals surface area contributed by atoms with Crippen molar-refractivity contribution in [3.8, 4) is 5.75 Å². The summed E-state index contributed by atoms with van der Waals surface area (Å²) in [5, 5.41) is 14.8. The second-order valence-electron chi connectivity index (χ2n) is 4.94. The van der Waals surface area contributed by atoms with Gasteiger partial charge < -0.3 is 19.7 Å². The predicted octanol–water partition coefficient (Wildman–Crippen LogP) is 1.14. The number of amides is 1. The van der Waals surface area contributed by atoms with E-state index in [1.54, 1.807) is 25.3 Å². The van der Waals surface area contributed by atoms with E-state index in [2.05, 4.69) is 5.32 Å². The number of rotatable bonds is 5. The minimum Gasteiger partial charge on any atom is -0.616 e. The second kappa shape index (κ2) is 5.03. The molecule has 0 atom stereocenters. The number of nitrogens with zero attached hydrogens (tertiary/aromatic N) is 1. The monoisotopic (exact) mass is 276 g/mol. The first-order valence-electron chi connectivity index (χ1n) is 6.65. The van der Waals surface area contributed by atoms with Gasteiger partial charge in [0.05, 0.1) is 13.5 Å². The molecular weight excluding hydrogens is 260 g/mol. The quantitative estimate of drug-likeness (QED) is 0.656. The molecule has 0 radical (unpaired) electrons. The van der Waals surface area contributed by atoms with Crippen LogP contribution in [0, 0.1) is 11.1 Å². The first kappa shape index (κ1) is 12.8. The van der Waals surface area contributed by atoms with E-state index in [0.717, 1.165) is 17.6 Å². The Morgan fingerprint density at radius 2 is 2.35 bits per heavy atom. The van der Waals surface area contributed by atoms with E-state index in [4.69, 9.17) is 9.15 Å². The van der Waals surface area contributed by atoms with Crippen LogP contribution in [0.5, 0.6) is 5.75 Å². The Balaban J connectivity index is 1.70. The largest absolute Gasteiger partial charge is 0.616 e. The maximum Gasteiger partial charge on any atom is 0.361 e. The predicted molar refractivity (Wildman–Crippen MR) is 71.2 cm³/mol. The lowest BCUT2D eigenvalue weighted by atomic mass is 10.3. The Bertz CT molecular complexity index is 646. The third kappa shape index (κ3) is 2.41. The molecule has 6 heteroatoms. The Morgan fingerprint density at radius 1 is 1.55 bits per heavy atom. The molecule has 1 amide bonds. The minimum absolute atomic E-state index is 0.0697. The van der Waals surface area contributed by atoms with Gasteiger partial charge in [0.1, 0.15) is 5.75 Å². The molecule has 6 nitrogen and oxygen atoms in total. The summed E-state index contributed by atoms with van der Waals surface area (Å²) in [6.07, 6.45) is 2.31. The van der Waals surface area contributed by atoms with Crippen molar-refractivity contribution in [3.63, 3.8) is 0 Å². The number of hydrogen-bond acceptors (Lipinski definition) is 4. The van der Waals surface area contributed by atoms with Gasteiger partial charge in [-0.15, -0.1) is 4.73 Å². The maximum atomic E-state index is 12.0. The van der Waals surface area contributed by atoms with Gasteiger partial charge in [0.2, 0.25) is 11.5 Å². The topological polar surface area (TPSA) is 78.4 Å². The van der Waals surface area contributed by atoms with Crippen LogP contribution in [0.2, 0.25) is 0 Å². The normalized spacial score (nSPS) is 14.4. The summed E-state index contributed by atoms with van der Waals surface area (Å²) in [7, 11) is 1.56. The first-order chi connectivity index (χ1) is 9.69. The van der Waals surface area contributed by atoms with Crippen LogP contribution in [-0.4, -0.2) is 19.6 Å². The van der Waals surface area contributed by atoms with Crippen LogP contribution in [0.4, 0.5) is 0 Å². The molecule has 0 bridgehead atoms. The summed E-state index contributed by atoms with van der Waals surface area (Å²) in [4.78, 5) is 11.5. The summed E-state index contributed by atoms with van der Waals surface area (Å²) < 4.78 is 11.4. The number of carbonyl (C=O) groups is 1. The lowest BCUT2D eigenvalue weighted by molar-refractivity contribution is -0.592. The van der Waals surface area contributed by atoms with Crippen LogP contribution in [0.15, 0.2) is 22.6 Å². The van der Waals surface area contributed by atoms with Crippen LogP contribution < -0.4 is 14.8 Å². The number of hydrogen-bond donors (Lipinski definition) is 1. The zero-order chi connectivity index (χ0) is 14.1. The third-order valence-electron chi connectivity index (χ3n) is 3.43. The zero-order valence-corrected chi connectivity index (χ0v) is 11.2. The van der Waals surface area contributed by atoms with Crippen molar-refractivity contribution >= 4 is 17.0 Å². The Kier molecular flexibility index (Phi) is 3.22. The van der Waals surface area contributed by atoms with Gasteiger partial charge in [-0.2, -0.15) is 0 Å². The molecule has 1 aromatic heterocycles. The van der Waals surface area contributed by atoms with Crippen LogP contribution in [-0.2, 0) is 11.2 Å². The van der Waals surface area contributed by atoms with E-state index in [0.29, 0.717) is 35.7 Å². The first-order valence-corrected chi connectivity index (χ1v) is 6.65. The molecule has 2 aromatic rings. The second-order valence-corrected chi connectivity index (χ2v) is 4.94. The van der Waals surface area contributed by atoms with E-state index in [-0.39, 0.29) is 11.8 Å². The van der Waals surface area contributed by atoms with Crippen molar-refractivity contribution in [2.24, 2.45) is 5.92 Å². The fourth-order valence-electron chi connectivity index (χ4n) is 2.11. The van der Waals surface area contributed by atoms with E-state index >= 15 is 0 Å². The van der Waals surface area contributed by atoms with E-state index < -0.39 is 0 Å². The number of methoxy groups -OCH3 is 1. The fourth-order valence-corrected chi connectivity index (χ4v) is 2.11. The van der Waals surface area contributed by atoms with Crippen molar-refractivity contribution in [2.45, 2.75) is 19.3 Å². The number of carbonyl (C=O) groups excluding carboxylic acids is 1. The van der Waals surface area contributed by atoms with Crippen LogP contribution >= 0.6 is 0 Å². The Hall–Kier alpha value is -2.24. The molecule has 1 fully saturated rings. The zero-order valence-electron chi connectivity index (χ0n) is 11.2. The molecule has 1 aliphatic carbocycles. The standard InChI is InChI=1S/C14H16N2O4/c1-19-10-4-5-11-12(8-10)20-13(16(11)18)6-7-15-14(17)9-2-3-9/h4-5,8-9H,2-3,6-7H2,1H3,(H,15,17). The molecule has 1 N–H and O–H groups in total. The highest BCUT2D eigenvalue weighted by molar-refractivity contribution is 5.80. The average Bonchev–Trinajstić information content (AvgIpc) is 3.25. The van der Waals surface area contributed by atoms with Crippen molar-refractivity contribution in [2.75, 3.05) is 13.7 Å². The molecule has 106 valence electrons. The number of aromatic nitrogens is 1. The van der Waals surface area contributed by atoms with Crippen molar-refractivity contribution in [3.05, 3.63) is 29.3 Å². The third-order valence-corrected chi connectivity index (χ3v) is 3.43. The number of benzene rings is 1. The van der Waals surface area contributed by atoms with Gasteiger partial charge >= 0.3 is 5.89 Å². The average molecular weight is 276 g/mol. The Morgan fingerprint density at radius 3 is 3.05 bits per heavy atom. The summed E-state index contributed by atoms with van der Waals surface area (Å²) in [6, 6.07) is 5.05. The number of oxazole rings is 1. The van der Waals surface area contributed by atoms with Crippen LogP contribution in [0.25, 0.3) is 11.1 Å². The molecule has 1 aromatic carbocycles. The number of nitrogens with one attached hydrogen (secondary N) is 1. The molecule has 3 rings (SSSR count). The molecule has 1 heterocycles. The number of fused-ring (bicyclic) bond motifs is 1. The van der Waals surface area contributed by atoms with Gasteiger partial charge in [0.25, 0.3) is 5.52 Å². The highest BCUT2D eigenvalue weighted by Gasteiger charge is 2.29. The van der Waals surface area contributed by atoms with Gasteiger partial charge in [-0.3, -0.25) is 4.79 Å². The van der Waals surface area contributed by atoms with E-state index in [1.165, 1.54) is 0 Å². The fraction of sp³-hybridized carbons (Fsp3) is 0.429. The smallest absolute Gasteiger partial charge is 0.361 e. The van der Waals surface area contributed by atoms with Crippen molar-refractivity contribution in [1.82, 2.24) is 5.32 Å². The molecule has 0 unspecified atom stereocenters. The SMILES string of the molecule is COc1ccc2c(c1)oc(CCNC(=O)C1CC1)[n+]2[O-]. The molecule has 0 spiro atoms. The summed E-state index contributed by atoms with van der Waals surface area (Å²) in [5.74, 6) is 1.18. The molecular formula is C14H16N2O4. The highest BCUT2D eigenvalue weighted by atomic mass is 16.5. The molecule has 0 saturated heterocycles. The summed E-state index contributed by atoms with van der Waals surface area (Å²) >= 11 is 0. The van der Waals surface area contributed by atoms with Crippen LogP contribution in [0.1, 0.15) is 18.7 Å². The minimum atomic E-state index is 0.0697. The summed E-state index contributed by atoms with van der Waals surface area (Å²) in [5.41, 5.74) is 0.956. The summed E-state index contributed by atoms with van der Waals surface area (Å²) in [6.45, 7) is 0.411. The van der Waals surface area contributed by atoms with Gasteiger partial charge in [-0.05, 0) is 18.9 Å². The molecule has 1 aliphatic rings. The maximum absolute atomic E-state index is 12.0. The van der Waals surface area contributed by atoms with Gasteiger partial charge in [0.15, 0.2) is 0 Å². The van der Waals surface area contributed by atoms with Crippen LogP contribution in [0.3, 0.4) is 0 Å². The lowest BCUT2D eigenvalue weighted by Gasteiger charge is -2.01. The van der Waals surface area contributed by atoms with Gasteiger partial charge in [0, 0.05) is 24.6 Å².